The zero-order valence-corrected chi connectivity index (χ0v) is 12.9. The van der Waals surface area contributed by atoms with Crippen molar-refractivity contribution in [3.8, 4) is 5.75 Å². The summed E-state index contributed by atoms with van der Waals surface area (Å²) in [5, 5.41) is 11.9. The van der Waals surface area contributed by atoms with Gasteiger partial charge in [-0.1, -0.05) is 6.07 Å². The topological polar surface area (TPSA) is 119 Å². The molecule has 0 spiro atoms. The molecule has 24 heavy (non-hydrogen) atoms. The molecular formula is C17H16N2O5. The number of carbonyl (C=O) groups is 3. The number of hydrogen-bond acceptors (Lipinski definition) is 5. The van der Waals surface area contributed by atoms with E-state index >= 15 is 0 Å². The predicted molar refractivity (Wildman–Crippen MR) is 86.6 cm³/mol. The molecule has 0 unspecified atom stereocenters. The first-order valence-corrected chi connectivity index (χ1v) is 7.07. The summed E-state index contributed by atoms with van der Waals surface area (Å²) in [6.45, 7) is 1.42. The number of ether oxygens (including phenoxy) is 1. The Hall–Kier alpha value is -3.35. The van der Waals surface area contributed by atoms with Gasteiger partial charge in [-0.2, -0.15) is 0 Å². The molecule has 124 valence electrons. The summed E-state index contributed by atoms with van der Waals surface area (Å²) in [4.78, 5) is 34.9. The molecular weight excluding hydrogens is 312 g/mol. The second-order valence-electron chi connectivity index (χ2n) is 5.03. The molecule has 0 radical (unpaired) electrons. The first-order valence-electron chi connectivity index (χ1n) is 7.07. The summed E-state index contributed by atoms with van der Waals surface area (Å²) >= 11 is 0. The highest BCUT2D eigenvalue weighted by atomic mass is 16.5. The molecule has 2 aromatic rings. The number of nitrogens with one attached hydrogen (secondary N) is 1. The standard InChI is InChI=1S/C17H16N2O5/c1-10(24-17(23)12-3-2-4-14(20)9-12)16(22)19-13-7-5-11(6-8-13)15(18)21/h2-10,20H,1H3,(H2,18,21)(H,19,22)/t10-/m0/s1. The molecule has 2 aromatic carbocycles. The van der Waals surface area contributed by atoms with Crippen LogP contribution in [0, 0.1) is 0 Å². The van der Waals surface area contributed by atoms with Gasteiger partial charge in [-0.25, -0.2) is 4.79 Å². The van der Waals surface area contributed by atoms with Crippen LogP contribution in [0.25, 0.3) is 0 Å². The third-order valence-electron chi connectivity index (χ3n) is 3.17. The minimum Gasteiger partial charge on any atom is -0.508 e. The fraction of sp³-hybridized carbons (Fsp3) is 0.118. The monoisotopic (exact) mass is 328 g/mol. The molecule has 2 amide bonds. The lowest BCUT2D eigenvalue weighted by Crippen LogP contribution is -2.30. The lowest BCUT2D eigenvalue weighted by atomic mass is 10.2. The van der Waals surface area contributed by atoms with Gasteiger partial charge in [-0.15, -0.1) is 0 Å². The normalized spacial score (nSPS) is 11.4. The van der Waals surface area contributed by atoms with Gasteiger partial charge in [0.15, 0.2) is 6.10 Å². The van der Waals surface area contributed by atoms with Crippen LogP contribution in [0.3, 0.4) is 0 Å². The van der Waals surface area contributed by atoms with E-state index in [1.807, 2.05) is 0 Å². The number of amides is 2. The Kier molecular flexibility index (Phi) is 5.16. The van der Waals surface area contributed by atoms with E-state index in [1.165, 1.54) is 55.5 Å². The van der Waals surface area contributed by atoms with Gasteiger partial charge in [0.05, 0.1) is 5.56 Å². The molecule has 1 atom stereocenters. The molecule has 2 rings (SSSR count). The highest BCUT2D eigenvalue weighted by Gasteiger charge is 2.19. The van der Waals surface area contributed by atoms with Crippen molar-refractivity contribution in [2.75, 3.05) is 5.32 Å². The largest absolute Gasteiger partial charge is 0.508 e. The molecule has 7 nitrogen and oxygen atoms in total. The molecule has 0 heterocycles. The molecule has 0 aliphatic carbocycles. The Balaban J connectivity index is 1.96. The summed E-state index contributed by atoms with van der Waals surface area (Å²) < 4.78 is 5.05. The van der Waals surface area contributed by atoms with Crippen LogP contribution in [0.15, 0.2) is 48.5 Å². The van der Waals surface area contributed by atoms with Crippen LogP contribution in [0.4, 0.5) is 5.69 Å². The molecule has 0 saturated carbocycles. The molecule has 0 aliphatic rings. The van der Waals surface area contributed by atoms with E-state index in [9.17, 15) is 19.5 Å². The van der Waals surface area contributed by atoms with E-state index in [0.29, 0.717) is 11.3 Å². The highest BCUT2D eigenvalue weighted by Crippen LogP contribution is 2.14. The molecule has 7 heteroatoms. The van der Waals surface area contributed by atoms with Crippen LogP contribution in [0.2, 0.25) is 0 Å². The number of benzene rings is 2. The number of primary amides is 1. The van der Waals surface area contributed by atoms with E-state index in [-0.39, 0.29) is 11.3 Å². The van der Waals surface area contributed by atoms with Crippen LogP contribution < -0.4 is 11.1 Å². The molecule has 0 saturated heterocycles. The van der Waals surface area contributed by atoms with Crippen LogP contribution in [-0.2, 0) is 9.53 Å². The van der Waals surface area contributed by atoms with Crippen molar-refractivity contribution in [3.05, 3.63) is 59.7 Å². The number of carbonyl (C=O) groups excluding carboxylic acids is 3. The average molecular weight is 328 g/mol. The number of phenolic OH excluding ortho intramolecular Hbond substituents is 1. The maximum Gasteiger partial charge on any atom is 0.339 e. The van der Waals surface area contributed by atoms with E-state index in [1.54, 1.807) is 0 Å². The van der Waals surface area contributed by atoms with E-state index in [0.717, 1.165) is 0 Å². The van der Waals surface area contributed by atoms with Crippen molar-refractivity contribution < 1.29 is 24.2 Å². The summed E-state index contributed by atoms with van der Waals surface area (Å²) in [5.74, 6) is -1.90. The Morgan fingerprint density at radius 2 is 1.75 bits per heavy atom. The molecule has 4 N–H and O–H groups in total. The summed E-state index contributed by atoms with van der Waals surface area (Å²) in [6.07, 6.45) is -1.05. The summed E-state index contributed by atoms with van der Waals surface area (Å²) in [7, 11) is 0. The number of anilines is 1. The van der Waals surface area contributed by atoms with Gasteiger partial charge < -0.3 is 20.9 Å². The first kappa shape index (κ1) is 17.0. The molecule has 0 aliphatic heterocycles. The lowest BCUT2D eigenvalue weighted by molar-refractivity contribution is -0.123. The summed E-state index contributed by atoms with van der Waals surface area (Å²) in [5.41, 5.74) is 6.02. The van der Waals surface area contributed by atoms with E-state index in [2.05, 4.69) is 5.32 Å². The number of rotatable bonds is 5. The SMILES string of the molecule is C[C@H](OC(=O)c1cccc(O)c1)C(=O)Nc1ccc(C(N)=O)cc1. The highest BCUT2D eigenvalue weighted by molar-refractivity contribution is 5.98. The van der Waals surface area contributed by atoms with E-state index in [4.69, 9.17) is 10.5 Å². The third kappa shape index (κ3) is 4.33. The van der Waals surface area contributed by atoms with Crippen molar-refractivity contribution in [2.24, 2.45) is 5.73 Å². The lowest BCUT2D eigenvalue weighted by Gasteiger charge is -2.13. The molecule has 0 bridgehead atoms. The second-order valence-corrected chi connectivity index (χ2v) is 5.03. The van der Waals surface area contributed by atoms with Crippen molar-refractivity contribution >= 4 is 23.5 Å². The van der Waals surface area contributed by atoms with Crippen molar-refractivity contribution in [3.63, 3.8) is 0 Å². The molecule has 0 aromatic heterocycles. The number of esters is 1. The zero-order valence-electron chi connectivity index (χ0n) is 12.9. The Morgan fingerprint density at radius 1 is 1.08 bits per heavy atom. The van der Waals surface area contributed by atoms with Crippen LogP contribution in [0.5, 0.6) is 5.75 Å². The van der Waals surface area contributed by atoms with Crippen molar-refractivity contribution in [1.29, 1.82) is 0 Å². The third-order valence-corrected chi connectivity index (χ3v) is 3.17. The van der Waals surface area contributed by atoms with Gasteiger partial charge >= 0.3 is 5.97 Å². The minimum atomic E-state index is -1.05. The average Bonchev–Trinajstić information content (AvgIpc) is 2.55. The van der Waals surface area contributed by atoms with Crippen molar-refractivity contribution in [1.82, 2.24) is 0 Å². The predicted octanol–water partition coefficient (Wildman–Crippen LogP) is 1.68. The fourth-order valence-electron chi connectivity index (χ4n) is 1.88. The number of aromatic hydroxyl groups is 1. The second kappa shape index (κ2) is 7.28. The zero-order chi connectivity index (χ0) is 17.7. The van der Waals surface area contributed by atoms with Gasteiger partial charge in [-0.05, 0) is 49.4 Å². The maximum atomic E-state index is 12.0. The number of hydrogen-bond donors (Lipinski definition) is 3. The van der Waals surface area contributed by atoms with Gasteiger partial charge in [0, 0.05) is 11.3 Å². The van der Waals surface area contributed by atoms with Crippen LogP contribution in [0.1, 0.15) is 27.6 Å². The Labute approximate surface area is 138 Å². The maximum absolute atomic E-state index is 12.0. The Morgan fingerprint density at radius 3 is 2.33 bits per heavy atom. The summed E-state index contributed by atoms with van der Waals surface area (Å²) in [6, 6.07) is 11.6. The Bertz CT molecular complexity index is 771. The van der Waals surface area contributed by atoms with Gasteiger partial charge in [0.25, 0.3) is 5.91 Å². The minimum absolute atomic E-state index is 0.0731. The smallest absolute Gasteiger partial charge is 0.339 e. The van der Waals surface area contributed by atoms with Gasteiger partial charge in [-0.3, -0.25) is 9.59 Å². The molecule has 0 fully saturated rings. The van der Waals surface area contributed by atoms with Gasteiger partial charge in [0.1, 0.15) is 5.75 Å². The van der Waals surface area contributed by atoms with Gasteiger partial charge in [0.2, 0.25) is 5.91 Å². The van der Waals surface area contributed by atoms with Crippen molar-refractivity contribution in [2.45, 2.75) is 13.0 Å². The van der Waals surface area contributed by atoms with Crippen LogP contribution in [-0.4, -0.2) is 29.0 Å². The first-order chi connectivity index (χ1) is 11.4. The van der Waals surface area contributed by atoms with Crippen LogP contribution >= 0.6 is 0 Å². The number of phenols is 1. The number of nitrogens with two attached hydrogens (primary N) is 1. The fourth-order valence-corrected chi connectivity index (χ4v) is 1.88. The van der Waals surface area contributed by atoms with E-state index < -0.39 is 23.9 Å². The quantitative estimate of drug-likeness (QED) is 0.721.